The van der Waals surface area contributed by atoms with Gasteiger partial charge in [0.15, 0.2) is 0 Å². The van der Waals surface area contributed by atoms with Gasteiger partial charge in [0.05, 0.1) is 6.10 Å². The molecule has 0 amide bonds. The molecule has 0 spiro atoms. The van der Waals surface area contributed by atoms with Crippen LogP contribution in [0.1, 0.15) is 18.6 Å². The number of hydrogen-bond donors (Lipinski definition) is 2. The summed E-state index contributed by atoms with van der Waals surface area (Å²) in [6.45, 7) is 1.65. The fourth-order valence-corrected chi connectivity index (χ4v) is 1.09. The molecule has 0 saturated heterocycles. The third-order valence-corrected chi connectivity index (χ3v) is 1.73. The van der Waals surface area contributed by atoms with E-state index in [1.165, 1.54) is 0 Å². The number of aliphatic hydroxyl groups excluding tert-OH is 1. The van der Waals surface area contributed by atoms with Gasteiger partial charge in [-0.05, 0) is 25.1 Å². The molecule has 1 rings (SSSR count). The molecular weight excluding hydrogens is 162 g/mol. The summed E-state index contributed by atoms with van der Waals surface area (Å²) in [6, 6.07) is 5.05. The second-order valence-electron chi connectivity index (χ2n) is 2.45. The van der Waals surface area contributed by atoms with Crippen LogP contribution >= 0.6 is 11.6 Å². The second-order valence-corrected chi connectivity index (χ2v) is 2.89. The van der Waals surface area contributed by atoms with E-state index in [4.69, 9.17) is 17.3 Å². The molecule has 1 aromatic carbocycles. The molecule has 1 unspecified atom stereocenters. The van der Waals surface area contributed by atoms with Crippen molar-refractivity contribution >= 4 is 17.3 Å². The lowest BCUT2D eigenvalue weighted by molar-refractivity contribution is 0.200. The van der Waals surface area contributed by atoms with Crippen LogP contribution in [0.5, 0.6) is 0 Å². The minimum atomic E-state index is -0.561. The molecule has 0 aliphatic carbocycles. The zero-order valence-corrected chi connectivity index (χ0v) is 6.97. The summed E-state index contributed by atoms with van der Waals surface area (Å²) in [5, 5.41) is 9.78. The van der Waals surface area contributed by atoms with Gasteiger partial charge < -0.3 is 10.8 Å². The molecule has 3 N–H and O–H groups in total. The van der Waals surface area contributed by atoms with E-state index < -0.39 is 6.10 Å². The summed E-state index contributed by atoms with van der Waals surface area (Å²) in [4.78, 5) is 0. The molecule has 0 aromatic heterocycles. The number of aliphatic hydroxyl groups is 1. The van der Waals surface area contributed by atoms with Crippen molar-refractivity contribution in [3.05, 3.63) is 28.8 Å². The molecule has 0 fully saturated rings. The zero-order chi connectivity index (χ0) is 8.43. The van der Waals surface area contributed by atoms with E-state index in [0.29, 0.717) is 16.3 Å². The maximum atomic E-state index is 9.19. The Morgan fingerprint density at radius 3 is 2.64 bits per heavy atom. The van der Waals surface area contributed by atoms with Crippen molar-refractivity contribution in [2.24, 2.45) is 0 Å². The molecule has 1 aromatic rings. The molecule has 1 atom stereocenters. The Morgan fingerprint density at radius 1 is 1.55 bits per heavy atom. The predicted molar refractivity (Wildman–Crippen MR) is 46.5 cm³/mol. The van der Waals surface area contributed by atoms with Gasteiger partial charge in [0, 0.05) is 16.3 Å². The molecule has 0 aliphatic rings. The minimum absolute atomic E-state index is 0.561. The van der Waals surface area contributed by atoms with E-state index in [1.54, 1.807) is 25.1 Å². The highest BCUT2D eigenvalue weighted by molar-refractivity contribution is 6.30. The van der Waals surface area contributed by atoms with Gasteiger partial charge in [0.1, 0.15) is 0 Å². The van der Waals surface area contributed by atoms with E-state index >= 15 is 0 Å². The molecule has 0 aliphatic heterocycles. The maximum Gasteiger partial charge on any atom is 0.0782 e. The van der Waals surface area contributed by atoms with Crippen molar-refractivity contribution in [2.45, 2.75) is 13.0 Å². The Hall–Kier alpha value is -0.730. The van der Waals surface area contributed by atoms with Gasteiger partial charge in [0.25, 0.3) is 0 Å². The topological polar surface area (TPSA) is 46.2 Å². The summed E-state index contributed by atoms with van der Waals surface area (Å²) < 4.78 is 0. The number of halogens is 1. The van der Waals surface area contributed by atoms with E-state index in [9.17, 15) is 5.11 Å². The number of benzene rings is 1. The molecule has 3 heteroatoms. The lowest BCUT2D eigenvalue weighted by Crippen LogP contribution is -1.97. The first-order valence-electron chi connectivity index (χ1n) is 3.34. The molecule has 0 bridgehead atoms. The van der Waals surface area contributed by atoms with Gasteiger partial charge in [-0.2, -0.15) is 0 Å². The standard InChI is InChI=1S/C8H10ClNO/c1-5(11)7-4-6(9)2-3-8(7)10/h2-5,11H,10H2,1H3. The Labute approximate surface area is 70.6 Å². The van der Waals surface area contributed by atoms with Crippen LogP contribution in [0.25, 0.3) is 0 Å². The highest BCUT2D eigenvalue weighted by Gasteiger charge is 2.04. The van der Waals surface area contributed by atoms with Gasteiger partial charge in [-0.3, -0.25) is 0 Å². The SMILES string of the molecule is CC(O)c1cc(Cl)ccc1N. The van der Waals surface area contributed by atoms with Crippen molar-refractivity contribution in [2.75, 3.05) is 5.73 Å². The monoisotopic (exact) mass is 171 g/mol. The average Bonchev–Trinajstić information content (AvgIpc) is 1.94. The quantitative estimate of drug-likeness (QED) is 0.635. The molecule has 60 valence electrons. The van der Waals surface area contributed by atoms with Crippen LogP contribution in [0.3, 0.4) is 0 Å². The predicted octanol–water partition coefficient (Wildman–Crippen LogP) is 1.98. The van der Waals surface area contributed by atoms with Gasteiger partial charge in [-0.1, -0.05) is 11.6 Å². The summed E-state index contributed by atoms with van der Waals surface area (Å²) >= 11 is 5.69. The number of nitrogen functional groups attached to an aromatic ring is 1. The molecular formula is C8H10ClNO. The highest BCUT2D eigenvalue weighted by atomic mass is 35.5. The molecule has 0 radical (unpaired) electrons. The van der Waals surface area contributed by atoms with Crippen molar-refractivity contribution < 1.29 is 5.11 Å². The van der Waals surface area contributed by atoms with Crippen LogP contribution in [-0.4, -0.2) is 5.11 Å². The van der Waals surface area contributed by atoms with Gasteiger partial charge in [-0.25, -0.2) is 0 Å². The third-order valence-electron chi connectivity index (χ3n) is 1.50. The Balaban J connectivity index is 3.13. The van der Waals surface area contributed by atoms with E-state index in [2.05, 4.69) is 0 Å². The van der Waals surface area contributed by atoms with E-state index in [-0.39, 0.29) is 0 Å². The minimum Gasteiger partial charge on any atom is -0.398 e. The Morgan fingerprint density at radius 2 is 2.18 bits per heavy atom. The first kappa shape index (κ1) is 8.37. The Kier molecular flexibility index (Phi) is 2.37. The summed E-state index contributed by atoms with van der Waals surface area (Å²) in [5.41, 5.74) is 6.82. The smallest absolute Gasteiger partial charge is 0.0782 e. The first-order chi connectivity index (χ1) is 5.11. The number of nitrogens with two attached hydrogens (primary N) is 1. The van der Waals surface area contributed by atoms with E-state index in [1.807, 2.05) is 0 Å². The molecule has 0 heterocycles. The van der Waals surface area contributed by atoms with Crippen molar-refractivity contribution in [3.63, 3.8) is 0 Å². The molecule has 11 heavy (non-hydrogen) atoms. The van der Waals surface area contributed by atoms with Gasteiger partial charge in [0.2, 0.25) is 0 Å². The van der Waals surface area contributed by atoms with E-state index in [0.717, 1.165) is 0 Å². The largest absolute Gasteiger partial charge is 0.398 e. The van der Waals surface area contributed by atoms with Crippen LogP contribution in [0.2, 0.25) is 5.02 Å². The highest BCUT2D eigenvalue weighted by Crippen LogP contribution is 2.23. The normalized spacial score (nSPS) is 13.0. The third kappa shape index (κ3) is 1.85. The lowest BCUT2D eigenvalue weighted by Gasteiger charge is -2.07. The van der Waals surface area contributed by atoms with Crippen LogP contribution in [0.15, 0.2) is 18.2 Å². The van der Waals surface area contributed by atoms with Crippen LogP contribution in [0, 0.1) is 0 Å². The first-order valence-corrected chi connectivity index (χ1v) is 3.72. The fourth-order valence-electron chi connectivity index (χ4n) is 0.907. The number of anilines is 1. The van der Waals surface area contributed by atoms with Crippen LogP contribution in [-0.2, 0) is 0 Å². The lowest BCUT2D eigenvalue weighted by atomic mass is 10.1. The maximum absolute atomic E-state index is 9.19. The van der Waals surface area contributed by atoms with Gasteiger partial charge in [-0.15, -0.1) is 0 Å². The van der Waals surface area contributed by atoms with Crippen molar-refractivity contribution in [1.82, 2.24) is 0 Å². The van der Waals surface area contributed by atoms with Gasteiger partial charge >= 0.3 is 0 Å². The van der Waals surface area contributed by atoms with Crippen molar-refractivity contribution in [3.8, 4) is 0 Å². The molecule has 0 saturated carbocycles. The Bertz CT molecular complexity index is 260. The number of hydrogen-bond acceptors (Lipinski definition) is 2. The summed E-state index contributed by atoms with van der Waals surface area (Å²) in [6.07, 6.45) is -0.561. The average molecular weight is 172 g/mol. The fraction of sp³-hybridized carbons (Fsp3) is 0.250. The summed E-state index contributed by atoms with van der Waals surface area (Å²) in [5.74, 6) is 0. The zero-order valence-electron chi connectivity index (χ0n) is 6.21. The second kappa shape index (κ2) is 3.11. The number of rotatable bonds is 1. The molecule has 2 nitrogen and oxygen atoms in total. The summed E-state index contributed by atoms with van der Waals surface area (Å²) in [7, 11) is 0. The van der Waals surface area contributed by atoms with Crippen LogP contribution < -0.4 is 5.73 Å². The van der Waals surface area contributed by atoms with Crippen LogP contribution in [0.4, 0.5) is 5.69 Å². The van der Waals surface area contributed by atoms with Crippen molar-refractivity contribution in [1.29, 1.82) is 0 Å².